The Morgan fingerprint density at radius 1 is 0.780 bits per heavy atom. The lowest BCUT2D eigenvalue weighted by Gasteiger charge is -2.42. The molecule has 2 N–H and O–H groups in total. The summed E-state index contributed by atoms with van der Waals surface area (Å²) in [4.78, 5) is 2.46. The van der Waals surface area contributed by atoms with Crippen molar-refractivity contribution >= 4 is 15.7 Å². The van der Waals surface area contributed by atoms with Crippen LogP contribution in [0.4, 0.5) is 5.69 Å². The molecule has 5 rings (SSSR count). The lowest BCUT2D eigenvalue weighted by atomic mass is 9.90. The summed E-state index contributed by atoms with van der Waals surface area (Å²) >= 11 is 0. The lowest BCUT2D eigenvalue weighted by Crippen LogP contribution is -2.43. The number of nitrogens with one attached hydrogen (secondary N) is 1. The third kappa shape index (κ3) is 7.22. The predicted molar refractivity (Wildman–Crippen MR) is 159 cm³/mol. The highest BCUT2D eigenvalue weighted by Gasteiger charge is 2.38. The Balaban J connectivity index is 1.36. The zero-order valence-corrected chi connectivity index (χ0v) is 24.1. The molecule has 1 saturated heterocycles. The first-order valence-electron chi connectivity index (χ1n) is 13.7. The fourth-order valence-corrected chi connectivity index (χ4v) is 6.20. The van der Waals surface area contributed by atoms with E-state index in [1.54, 1.807) is 42.5 Å². The molecular formula is C33H36N2O5S. The number of nitrogens with zero attached hydrogens (tertiary/aromatic N) is 1. The van der Waals surface area contributed by atoms with Gasteiger partial charge in [-0.3, -0.25) is 9.62 Å². The lowest BCUT2D eigenvalue weighted by molar-refractivity contribution is -0.276. The van der Waals surface area contributed by atoms with Crippen molar-refractivity contribution in [3.8, 4) is 0 Å². The summed E-state index contributed by atoms with van der Waals surface area (Å²) in [6.07, 6.45) is -0.988. The van der Waals surface area contributed by atoms with Crippen molar-refractivity contribution in [1.29, 1.82) is 0 Å². The van der Waals surface area contributed by atoms with E-state index in [1.807, 2.05) is 54.6 Å². The average Bonchev–Trinajstić information content (AvgIpc) is 2.99. The number of aliphatic hydroxyl groups excluding tert-OH is 1. The van der Waals surface area contributed by atoms with Gasteiger partial charge in [0.15, 0.2) is 6.29 Å². The number of aliphatic hydroxyl groups is 1. The maximum absolute atomic E-state index is 12.8. The van der Waals surface area contributed by atoms with E-state index in [2.05, 4.69) is 35.7 Å². The van der Waals surface area contributed by atoms with Gasteiger partial charge in [0.25, 0.3) is 10.0 Å². The summed E-state index contributed by atoms with van der Waals surface area (Å²) in [5.41, 5.74) is 4.35. The van der Waals surface area contributed by atoms with E-state index in [1.165, 1.54) is 5.56 Å². The fourth-order valence-electron chi connectivity index (χ4n) is 5.12. The van der Waals surface area contributed by atoms with Crippen LogP contribution in [0.3, 0.4) is 0 Å². The molecule has 8 heteroatoms. The molecular weight excluding hydrogens is 536 g/mol. The van der Waals surface area contributed by atoms with Gasteiger partial charge in [-0.05, 0) is 48.0 Å². The number of hydrogen-bond donors (Lipinski definition) is 2. The van der Waals surface area contributed by atoms with Crippen LogP contribution >= 0.6 is 0 Å². The Morgan fingerprint density at radius 2 is 1.39 bits per heavy atom. The van der Waals surface area contributed by atoms with Crippen molar-refractivity contribution in [2.75, 3.05) is 18.3 Å². The number of hydrogen-bond acceptors (Lipinski definition) is 6. The molecule has 0 aromatic heterocycles. The van der Waals surface area contributed by atoms with Crippen LogP contribution < -0.4 is 4.72 Å². The topological polar surface area (TPSA) is 88.1 Å². The number of rotatable bonds is 10. The van der Waals surface area contributed by atoms with Gasteiger partial charge in [-0.25, -0.2) is 8.42 Å². The molecule has 1 fully saturated rings. The molecule has 0 bridgehead atoms. The third-order valence-corrected chi connectivity index (χ3v) is 8.80. The van der Waals surface area contributed by atoms with Gasteiger partial charge in [0.05, 0.1) is 23.7 Å². The van der Waals surface area contributed by atoms with Gasteiger partial charge in [-0.1, -0.05) is 91.9 Å². The molecule has 0 saturated carbocycles. The first-order valence-corrected chi connectivity index (χ1v) is 15.2. The number of ether oxygens (including phenoxy) is 2. The highest BCUT2D eigenvalue weighted by molar-refractivity contribution is 7.92. The summed E-state index contributed by atoms with van der Waals surface area (Å²) < 4.78 is 41.3. The molecule has 1 aliphatic rings. The smallest absolute Gasteiger partial charge is 0.261 e. The van der Waals surface area contributed by atoms with Crippen molar-refractivity contribution in [2.45, 2.75) is 43.5 Å². The zero-order valence-electron chi connectivity index (χ0n) is 23.3. The largest absolute Gasteiger partial charge is 0.392 e. The Kier molecular flexibility index (Phi) is 9.17. The molecule has 4 aromatic carbocycles. The van der Waals surface area contributed by atoms with Gasteiger partial charge in [0.1, 0.15) is 0 Å². The molecule has 1 heterocycles. The number of benzene rings is 4. The molecule has 214 valence electrons. The van der Waals surface area contributed by atoms with Crippen LogP contribution in [0.1, 0.15) is 41.6 Å². The van der Waals surface area contributed by atoms with Gasteiger partial charge in [0.2, 0.25) is 0 Å². The second kappa shape index (κ2) is 13.0. The standard InChI is InChI=1S/C33H36N2O5S/c1-24-31(22-35(2)21-25-9-5-3-6-10-25)39-33(40-32(24)27-15-13-26(23-36)14-16-27)28-17-19-29(20-18-28)34-41(37,38)30-11-7-4-8-12-30/h3-20,24,31-34,36H,21-23H2,1-2H3/t24-,31+,32+,33+/m0/s1. The maximum atomic E-state index is 12.8. The average molecular weight is 573 g/mol. The molecule has 7 nitrogen and oxygen atoms in total. The van der Waals surface area contributed by atoms with Crippen molar-refractivity contribution in [1.82, 2.24) is 4.90 Å². The number of anilines is 1. The first-order chi connectivity index (χ1) is 19.8. The van der Waals surface area contributed by atoms with E-state index in [0.717, 1.165) is 23.2 Å². The molecule has 0 radical (unpaired) electrons. The molecule has 4 atom stereocenters. The summed E-state index contributed by atoms with van der Waals surface area (Å²) in [7, 11) is -1.60. The zero-order chi connectivity index (χ0) is 28.8. The van der Waals surface area contributed by atoms with Gasteiger partial charge < -0.3 is 14.6 Å². The summed E-state index contributed by atoms with van der Waals surface area (Å²) in [6.45, 7) is 3.63. The summed E-state index contributed by atoms with van der Waals surface area (Å²) in [5, 5.41) is 9.50. The first kappa shape index (κ1) is 29.0. The van der Waals surface area contributed by atoms with Crippen LogP contribution in [-0.4, -0.2) is 38.1 Å². The van der Waals surface area contributed by atoms with Gasteiger partial charge >= 0.3 is 0 Å². The molecule has 41 heavy (non-hydrogen) atoms. The van der Waals surface area contributed by atoms with E-state index in [4.69, 9.17) is 9.47 Å². The highest BCUT2D eigenvalue weighted by Crippen LogP contribution is 2.42. The Morgan fingerprint density at radius 3 is 2.02 bits per heavy atom. The molecule has 1 aliphatic heterocycles. The third-order valence-electron chi connectivity index (χ3n) is 7.40. The molecule has 4 aromatic rings. The fraction of sp³-hybridized carbons (Fsp3) is 0.273. The molecule has 0 aliphatic carbocycles. The van der Waals surface area contributed by atoms with Crippen LogP contribution in [0.2, 0.25) is 0 Å². The molecule has 0 spiro atoms. The van der Waals surface area contributed by atoms with Crippen molar-refractivity contribution in [3.63, 3.8) is 0 Å². The number of sulfonamides is 1. The van der Waals surface area contributed by atoms with Crippen LogP contribution in [-0.2, 0) is 32.6 Å². The normalized spacial score (nSPS) is 21.1. The SMILES string of the molecule is C[C@H]1[C@@H](CN(C)Cc2ccccc2)O[C@@H](c2ccc(NS(=O)(=O)c3ccccc3)cc2)O[C@H]1c1ccc(CO)cc1. The van der Waals surface area contributed by atoms with Crippen LogP contribution in [0.25, 0.3) is 0 Å². The second-order valence-corrected chi connectivity index (χ2v) is 12.2. The van der Waals surface area contributed by atoms with E-state index in [0.29, 0.717) is 12.2 Å². The minimum absolute atomic E-state index is 0.0135. The monoisotopic (exact) mass is 572 g/mol. The van der Waals surface area contributed by atoms with E-state index >= 15 is 0 Å². The van der Waals surface area contributed by atoms with E-state index in [9.17, 15) is 13.5 Å². The van der Waals surface area contributed by atoms with E-state index in [-0.39, 0.29) is 29.6 Å². The van der Waals surface area contributed by atoms with Gasteiger partial charge in [-0.15, -0.1) is 0 Å². The minimum atomic E-state index is -3.69. The minimum Gasteiger partial charge on any atom is -0.392 e. The maximum Gasteiger partial charge on any atom is 0.261 e. The van der Waals surface area contributed by atoms with Crippen LogP contribution in [0.5, 0.6) is 0 Å². The van der Waals surface area contributed by atoms with Crippen LogP contribution in [0, 0.1) is 5.92 Å². The Bertz CT molecular complexity index is 1500. The van der Waals surface area contributed by atoms with E-state index < -0.39 is 16.3 Å². The molecule has 0 unspecified atom stereocenters. The summed E-state index contributed by atoms with van der Waals surface area (Å²) in [5.74, 6) is 0.0569. The van der Waals surface area contributed by atoms with Crippen molar-refractivity contribution < 1.29 is 23.0 Å². The highest BCUT2D eigenvalue weighted by atomic mass is 32.2. The van der Waals surface area contributed by atoms with Gasteiger partial charge in [0, 0.05) is 30.3 Å². The number of likely N-dealkylation sites (N-methyl/N-ethyl adjacent to an activating group) is 1. The second-order valence-electron chi connectivity index (χ2n) is 10.5. The van der Waals surface area contributed by atoms with Crippen molar-refractivity contribution in [3.05, 3.63) is 131 Å². The Labute approximate surface area is 242 Å². The summed E-state index contributed by atoms with van der Waals surface area (Å²) in [6, 6.07) is 33.6. The molecule has 0 amide bonds. The predicted octanol–water partition coefficient (Wildman–Crippen LogP) is 5.90. The Hall–Kier alpha value is -3.53. The quantitative estimate of drug-likeness (QED) is 0.246. The van der Waals surface area contributed by atoms with Crippen molar-refractivity contribution in [2.24, 2.45) is 5.92 Å². The van der Waals surface area contributed by atoms with Gasteiger partial charge in [-0.2, -0.15) is 0 Å². The van der Waals surface area contributed by atoms with Crippen LogP contribution in [0.15, 0.2) is 114 Å².